The predicted molar refractivity (Wildman–Crippen MR) is 58.4 cm³/mol. The SMILES string of the molecule is CC1CC(C(N)Cc2cnn(C)c2)CO1. The van der Waals surface area contributed by atoms with Crippen molar-refractivity contribution in [2.45, 2.75) is 31.9 Å². The summed E-state index contributed by atoms with van der Waals surface area (Å²) in [5.41, 5.74) is 7.38. The molecule has 0 bridgehead atoms. The van der Waals surface area contributed by atoms with Crippen LogP contribution in [0.2, 0.25) is 0 Å². The minimum absolute atomic E-state index is 0.194. The summed E-state index contributed by atoms with van der Waals surface area (Å²) in [6, 6.07) is 0.194. The van der Waals surface area contributed by atoms with E-state index in [2.05, 4.69) is 12.0 Å². The van der Waals surface area contributed by atoms with Gasteiger partial charge in [-0.3, -0.25) is 4.68 Å². The van der Waals surface area contributed by atoms with Crippen molar-refractivity contribution in [3.63, 3.8) is 0 Å². The third kappa shape index (κ3) is 2.58. The van der Waals surface area contributed by atoms with Crippen molar-refractivity contribution < 1.29 is 4.74 Å². The molecule has 0 saturated carbocycles. The summed E-state index contributed by atoms with van der Waals surface area (Å²) in [5, 5.41) is 4.14. The summed E-state index contributed by atoms with van der Waals surface area (Å²) >= 11 is 0. The van der Waals surface area contributed by atoms with Gasteiger partial charge in [-0.15, -0.1) is 0 Å². The zero-order chi connectivity index (χ0) is 10.8. The Morgan fingerprint density at radius 1 is 1.73 bits per heavy atom. The molecule has 1 aromatic heterocycles. The highest BCUT2D eigenvalue weighted by Crippen LogP contribution is 2.22. The van der Waals surface area contributed by atoms with Crippen molar-refractivity contribution >= 4 is 0 Å². The summed E-state index contributed by atoms with van der Waals surface area (Å²) in [7, 11) is 1.93. The molecule has 0 amide bonds. The van der Waals surface area contributed by atoms with Crippen molar-refractivity contribution in [1.29, 1.82) is 0 Å². The summed E-state index contributed by atoms with van der Waals surface area (Å²) in [4.78, 5) is 0. The zero-order valence-electron chi connectivity index (χ0n) is 9.39. The standard InChI is InChI=1S/C11H19N3O/c1-8-3-10(7-15-8)11(12)4-9-5-13-14(2)6-9/h5-6,8,10-11H,3-4,7,12H2,1-2H3. The Bertz CT molecular complexity index is 323. The molecule has 2 rings (SSSR count). The van der Waals surface area contributed by atoms with E-state index in [1.807, 2.05) is 24.1 Å². The number of hydrogen-bond acceptors (Lipinski definition) is 3. The van der Waals surface area contributed by atoms with E-state index in [1.165, 1.54) is 5.56 Å². The average Bonchev–Trinajstić information content (AvgIpc) is 2.75. The molecular weight excluding hydrogens is 190 g/mol. The summed E-state index contributed by atoms with van der Waals surface area (Å²) in [6.07, 6.45) is 6.27. The van der Waals surface area contributed by atoms with Crippen LogP contribution in [0.5, 0.6) is 0 Å². The summed E-state index contributed by atoms with van der Waals surface area (Å²) in [5.74, 6) is 0.500. The first-order chi connectivity index (χ1) is 7.15. The van der Waals surface area contributed by atoms with E-state index in [9.17, 15) is 0 Å². The fourth-order valence-electron chi connectivity index (χ4n) is 2.16. The van der Waals surface area contributed by atoms with Gasteiger partial charge < -0.3 is 10.5 Å². The van der Waals surface area contributed by atoms with Crippen molar-refractivity contribution in [3.05, 3.63) is 18.0 Å². The fourth-order valence-corrected chi connectivity index (χ4v) is 2.16. The van der Waals surface area contributed by atoms with Crippen molar-refractivity contribution in [2.24, 2.45) is 18.7 Å². The monoisotopic (exact) mass is 209 g/mol. The molecule has 0 aromatic carbocycles. The molecule has 3 unspecified atom stereocenters. The lowest BCUT2D eigenvalue weighted by atomic mass is 9.93. The van der Waals surface area contributed by atoms with Crippen molar-refractivity contribution in [1.82, 2.24) is 9.78 Å². The van der Waals surface area contributed by atoms with Gasteiger partial charge in [0.25, 0.3) is 0 Å². The van der Waals surface area contributed by atoms with Crippen LogP contribution in [-0.4, -0.2) is 28.5 Å². The molecule has 2 N–H and O–H groups in total. The van der Waals surface area contributed by atoms with E-state index in [4.69, 9.17) is 10.5 Å². The van der Waals surface area contributed by atoms with Gasteiger partial charge in [-0.05, 0) is 25.3 Å². The Hall–Kier alpha value is -0.870. The Balaban J connectivity index is 1.89. The van der Waals surface area contributed by atoms with Crippen LogP contribution in [0.15, 0.2) is 12.4 Å². The molecule has 0 aliphatic carbocycles. The van der Waals surface area contributed by atoms with Gasteiger partial charge >= 0.3 is 0 Å². The Morgan fingerprint density at radius 2 is 2.53 bits per heavy atom. The molecule has 2 heterocycles. The van der Waals surface area contributed by atoms with Gasteiger partial charge in [0.1, 0.15) is 0 Å². The molecule has 0 radical (unpaired) electrons. The summed E-state index contributed by atoms with van der Waals surface area (Å²) < 4.78 is 7.34. The largest absolute Gasteiger partial charge is 0.378 e. The zero-order valence-corrected chi connectivity index (χ0v) is 9.39. The minimum Gasteiger partial charge on any atom is -0.378 e. The molecule has 4 heteroatoms. The lowest BCUT2D eigenvalue weighted by Gasteiger charge is -2.16. The Kier molecular flexibility index (Phi) is 3.07. The molecule has 1 fully saturated rings. The van der Waals surface area contributed by atoms with Crippen LogP contribution in [-0.2, 0) is 18.2 Å². The second-order valence-corrected chi connectivity index (χ2v) is 4.53. The highest BCUT2D eigenvalue weighted by Gasteiger charge is 2.27. The molecule has 1 aliphatic rings. The third-order valence-electron chi connectivity index (χ3n) is 3.06. The molecule has 15 heavy (non-hydrogen) atoms. The van der Waals surface area contributed by atoms with Crippen LogP contribution in [0, 0.1) is 5.92 Å². The van der Waals surface area contributed by atoms with Crippen LogP contribution >= 0.6 is 0 Å². The maximum Gasteiger partial charge on any atom is 0.0551 e. The van der Waals surface area contributed by atoms with Crippen LogP contribution in [0.1, 0.15) is 18.9 Å². The number of nitrogens with zero attached hydrogens (tertiary/aromatic N) is 2. The number of ether oxygens (including phenoxy) is 1. The fraction of sp³-hybridized carbons (Fsp3) is 0.727. The molecule has 0 spiro atoms. The smallest absolute Gasteiger partial charge is 0.0551 e. The number of rotatable bonds is 3. The van der Waals surface area contributed by atoms with E-state index in [0.29, 0.717) is 12.0 Å². The van der Waals surface area contributed by atoms with Gasteiger partial charge in [0, 0.05) is 25.2 Å². The highest BCUT2D eigenvalue weighted by atomic mass is 16.5. The van der Waals surface area contributed by atoms with Crippen molar-refractivity contribution in [2.75, 3.05) is 6.61 Å². The van der Waals surface area contributed by atoms with Crippen LogP contribution in [0.25, 0.3) is 0 Å². The normalized spacial score (nSPS) is 28.2. The van der Waals surface area contributed by atoms with Crippen LogP contribution in [0.3, 0.4) is 0 Å². The molecule has 84 valence electrons. The van der Waals surface area contributed by atoms with Gasteiger partial charge in [-0.25, -0.2) is 0 Å². The summed E-state index contributed by atoms with van der Waals surface area (Å²) in [6.45, 7) is 2.92. The van der Waals surface area contributed by atoms with Gasteiger partial charge in [0.15, 0.2) is 0 Å². The number of aryl methyl sites for hydroxylation is 1. The van der Waals surface area contributed by atoms with Gasteiger partial charge in [0.05, 0.1) is 18.9 Å². The molecule has 4 nitrogen and oxygen atoms in total. The number of nitrogens with two attached hydrogens (primary N) is 1. The average molecular weight is 209 g/mol. The van der Waals surface area contributed by atoms with Crippen molar-refractivity contribution in [3.8, 4) is 0 Å². The number of hydrogen-bond donors (Lipinski definition) is 1. The van der Waals surface area contributed by atoms with E-state index < -0.39 is 0 Å². The molecule has 1 aliphatic heterocycles. The van der Waals surface area contributed by atoms with E-state index >= 15 is 0 Å². The first-order valence-electron chi connectivity index (χ1n) is 5.50. The van der Waals surface area contributed by atoms with Gasteiger partial charge in [0.2, 0.25) is 0 Å². The maximum absolute atomic E-state index is 6.17. The van der Waals surface area contributed by atoms with Crippen LogP contribution < -0.4 is 5.73 Å². The van der Waals surface area contributed by atoms with Gasteiger partial charge in [-0.2, -0.15) is 5.10 Å². The molecule has 1 saturated heterocycles. The second-order valence-electron chi connectivity index (χ2n) is 4.53. The van der Waals surface area contributed by atoms with Crippen LogP contribution in [0.4, 0.5) is 0 Å². The third-order valence-corrected chi connectivity index (χ3v) is 3.06. The molecule has 3 atom stereocenters. The lowest BCUT2D eigenvalue weighted by Crippen LogP contribution is -2.32. The Labute approximate surface area is 90.4 Å². The highest BCUT2D eigenvalue weighted by molar-refractivity contribution is 5.06. The van der Waals surface area contributed by atoms with E-state index in [0.717, 1.165) is 19.4 Å². The van der Waals surface area contributed by atoms with Gasteiger partial charge in [-0.1, -0.05) is 0 Å². The Morgan fingerprint density at radius 3 is 3.07 bits per heavy atom. The van der Waals surface area contributed by atoms with E-state index in [-0.39, 0.29) is 6.04 Å². The molecule has 1 aromatic rings. The number of aromatic nitrogens is 2. The second kappa shape index (κ2) is 4.33. The minimum atomic E-state index is 0.194. The predicted octanol–water partition coefficient (Wildman–Crippen LogP) is 0.715. The topological polar surface area (TPSA) is 53.1 Å². The quantitative estimate of drug-likeness (QED) is 0.798. The molecular formula is C11H19N3O. The first kappa shape index (κ1) is 10.6. The lowest BCUT2D eigenvalue weighted by molar-refractivity contribution is 0.118. The van der Waals surface area contributed by atoms with E-state index in [1.54, 1.807) is 0 Å². The first-order valence-corrected chi connectivity index (χ1v) is 5.50. The maximum atomic E-state index is 6.17.